The second-order valence-corrected chi connectivity index (χ2v) is 5.03. The van der Waals surface area contributed by atoms with Crippen LogP contribution in [-0.2, 0) is 0 Å². The van der Waals surface area contributed by atoms with Gasteiger partial charge >= 0.3 is 0 Å². The van der Waals surface area contributed by atoms with Gasteiger partial charge < -0.3 is 9.47 Å². The van der Waals surface area contributed by atoms with Crippen LogP contribution in [0, 0.1) is 11.6 Å². The van der Waals surface area contributed by atoms with E-state index in [1.54, 1.807) is 6.92 Å². The van der Waals surface area contributed by atoms with Crippen LogP contribution in [0.3, 0.4) is 0 Å². The van der Waals surface area contributed by atoms with E-state index in [1.807, 2.05) is 0 Å². The normalized spacial score (nSPS) is 17.2. The van der Waals surface area contributed by atoms with E-state index in [0.29, 0.717) is 0 Å². The maximum Gasteiger partial charge on any atom is 0.204 e. The van der Waals surface area contributed by atoms with Crippen molar-refractivity contribution in [3.05, 3.63) is 23.8 Å². The Morgan fingerprint density at radius 3 is 2.40 bits per heavy atom. The molecule has 1 saturated carbocycles. The van der Waals surface area contributed by atoms with Crippen molar-refractivity contribution >= 4 is 0 Å². The number of hydrogen-bond acceptors (Lipinski definition) is 2. The SMILES string of the molecule is CCC(F)COc1ccc(OC2CCCC2)c(F)c1F. The van der Waals surface area contributed by atoms with Crippen molar-refractivity contribution in [2.45, 2.75) is 51.3 Å². The molecule has 1 aromatic carbocycles. The van der Waals surface area contributed by atoms with Crippen LogP contribution in [0.25, 0.3) is 0 Å². The maximum absolute atomic E-state index is 13.8. The van der Waals surface area contributed by atoms with E-state index in [-0.39, 0.29) is 30.6 Å². The summed E-state index contributed by atoms with van der Waals surface area (Å²) in [6.45, 7) is 1.37. The molecule has 0 aliphatic heterocycles. The lowest BCUT2D eigenvalue weighted by molar-refractivity contribution is 0.179. The molecule has 0 heterocycles. The second-order valence-electron chi connectivity index (χ2n) is 5.03. The molecule has 1 aliphatic rings. The Hall–Kier alpha value is -1.39. The van der Waals surface area contributed by atoms with Gasteiger partial charge in [-0.1, -0.05) is 6.92 Å². The first kappa shape index (κ1) is 15.0. The minimum Gasteiger partial charge on any atom is -0.487 e. The number of halogens is 3. The van der Waals surface area contributed by atoms with Crippen molar-refractivity contribution in [2.24, 2.45) is 0 Å². The Kier molecular flexibility index (Phi) is 5.15. The molecule has 1 unspecified atom stereocenters. The third-order valence-corrected chi connectivity index (χ3v) is 3.47. The van der Waals surface area contributed by atoms with Crippen LogP contribution in [0.4, 0.5) is 13.2 Å². The maximum atomic E-state index is 13.8. The molecule has 20 heavy (non-hydrogen) atoms. The van der Waals surface area contributed by atoms with Crippen molar-refractivity contribution in [3.63, 3.8) is 0 Å². The Balaban J connectivity index is 2.03. The lowest BCUT2D eigenvalue weighted by Crippen LogP contribution is -2.14. The standard InChI is InChI=1S/C15H19F3O2/c1-2-10(16)9-19-12-7-8-13(15(18)14(12)17)20-11-5-3-4-6-11/h7-8,10-11H,2-6,9H2,1H3. The first-order chi connectivity index (χ1) is 9.61. The van der Waals surface area contributed by atoms with Gasteiger partial charge in [-0.3, -0.25) is 0 Å². The summed E-state index contributed by atoms with van der Waals surface area (Å²) >= 11 is 0. The van der Waals surface area contributed by atoms with E-state index in [4.69, 9.17) is 9.47 Å². The number of alkyl halides is 1. The Morgan fingerprint density at radius 1 is 1.15 bits per heavy atom. The molecule has 0 bridgehead atoms. The molecule has 0 saturated heterocycles. The molecule has 0 amide bonds. The number of ether oxygens (including phenoxy) is 2. The lowest BCUT2D eigenvalue weighted by Gasteiger charge is -2.15. The van der Waals surface area contributed by atoms with Gasteiger partial charge in [0.2, 0.25) is 11.6 Å². The molecule has 112 valence electrons. The topological polar surface area (TPSA) is 18.5 Å². The zero-order valence-electron chi connectivity index (χ0n) is 11.5. The predicted octanol–water partition coefficient (Wildman–Crippen LogP) is 4.41. The summed E-state index contributed by atoms with van der Waals surface area (Å²) in [5.74, 6) is -2.57. The van der Waals surface area contributed by atoms with Crippen molar-refractivity contribution < 1.29 is 22.6 Å². The highest BCUT2D eigenvalue weighted by molar-refractivity contribution is 5.35. The van der Waals surface area contributed by atoms with Gasteiger partial charge in [0.05, 0.1) is 6.10 Å². The summed E-state index contributed by atoms with van der Waals surface area (Å²) in [6, 6.07) is 2.62. The highest BCUT2D eigenvalue weighted by atomic mass is 19.2. The molecule has 0 N–H and O–H groups in total. The van der Waals surface area contributed by atoms with Gasteiger partial charge in [0.1, 0.15) is 12.8 Å². The van der Waals surface area contributed by atoms with Gasteiger partial charge in [0.25, 0.3) is 0 Å². The van der Waals surface area contributed by atoms with Gasteiger partial charge in [0, 0.05) is 0 Å². The fourth-order valence-corrected chi connectivity index (χ4v) is 2.20. The van der Waals surface area contributed by atoms with E-state index in [1.165, 1.54) is 12.1 Å². The summed E-state index contributed by atoms with van der Waals surface area (Å²) in [4.78, 5) is 0. The van der Waals surface area contributed by atoms with Crippen molar-refractivity contribution in [1.29, 1.82) is 0 Å². The summed E-state index contributed by atoms with van der Waals surface area (Å²) < 4.78 is 51.1. The van der Waals surface area contributed by atoms with Gasteiger partial charge in [-0.25, -0.2) is 4.39 Å². The predicted molar refractivity (Wildman–Crippen MR) is 69.9 cm³/mol. The summed E-state index contributed by atoms with van der Waals surface area (Å²) in [6.07, 6.45) is 2.85. The molecule has 1 aromatic rings. The molecule has 1 aliphatic carbocycles. The molecule has 2 nitrogen and oxygen atoms in total. The van der Waals surface area contributed by atoms with Crippen LogP contribution in [-0.4, -0.2) is 18.9 Å². The van der Waals surface area contributed by atoms with E-state index < -0.39 is 17.8 Å². The average Bonchev–Trinajstić information content (AvgIpc) is 2.95. The first-order valence-electron chi connectivity index (χ1n) is 7.03. The first-order valence-corrected chi connectivity index (χ1v) is 7.03. The Bertz CT molecular complexity index is 445. The average molecular weight is 288 g/mol. The minimum absolute atomic E-state index is 0.0500. The fraction of sp³-hybridized carbons (Fsp3) is 0.600. The third kappa shape index (κ3) is 3.58. The van der Waals surface area contributed by atoms with Crippen LogP contribution in [0.1, 0.15) is 39.0 Å². The largest absolute Gasteiger partial charge is 0.487 e. The molecular weight excluding hydrogens is 269 g/mol. The molecule has 2 rings (SSSR count). The number of rotatable bonds is 6. The third-order valence-electron chi connectivity index (χ3n) is 3.47. The molecule has 0 aromatic heterocycles. The zero-order chi connectivity index (χ0) is 14.5. The molecular formula is C15H19F3O2. The minimum atomic E-state index is -1.19. The molecule has 1 atom stereocenters. The van der Waals surface area contributed by atoms with Crippen molar-refractivity contribution in [2.75, 3.05) is 6.61 Å². The smallest absolute Gasteiger partial charge is 0.204 e. The van der Waals surface area contributed by atoms with Gasteiger partial charge in [0.15, 0.2) is 11.5 Å². The Labute approximate surface area is 116 Å². The highest BCUT2D eigenvalue weighted by Crippen LogP contribution is 2.31. The van der Waals surface area contributed by atoms with Crippen LogP contribution in [0.5, 0.6) is 11.5 Å². The van der Waals surface area contributed by atoms with E-state index in [9.17, 15) is 13.2 Å². The van der Waals surface area contributed by atoms with Crippen LogP contribution in [0.2, 0.25) is 0 Å². The van der Waals surface area contributed by atoms with E-state index in [2.05, 4.69) is 0 Å². The second kappa shape index (κ2) is 6.86. The molecule has 1 fully saturated rings. The van der Waals surface area contributed by atoms with Gasteiger partial charge in [-0.05, 0) is 44.2 Å². The van der Waals surface area contributed by atoms with Crippen molar-refractivity contribution in [1.82, 2.24) is 0 Å². The molecule has 5 heteroatoms. The van der Waals surface area contributed by atoms with E-state index in [0.717, 1.165) is 25.7 Å². The zero-order valence-corrected chi connectivity index (χ0v) is 11.5. The van der Waals surface area contributed by atoms with Gasteiger partial charge in [-0.2, -0.15) is 8.78 Å². The van der Waals surface area contributed by atoms with Crippen LogP contribution < -0.4 is 9.47 Å². The van der Waals surface area contributed by atoms with Crippen molar-refractivity contribution in [3.8, 4) is 11.5 Å². The quantitative estimate of drug-likeness (QED) is 0.771. The van der Waals surface area contributed by atoms with E-state index >= 15 is 0 Å². The highest BCUT2D eigenvalue weighted by Gasteiger charge is 2.21. The van der Waals surface area contributed by atoms with Crippen LogP contribution >= 0.6 is 0 Å². The van der Waals surface area contributed by atoms with Gasteiger partial charge in [-0.15, -0.1) is 0 Å². The van der Waals surface area contributed by atoms with Crippen LogP contribution in [0.15, 0.2) is 12.1 Å². The summed E-state index contributed by atoms with van der Waals surface area (Å²) in [7, 11) is 0. The molecule has 0 spiro atoms. The fourth-order valence-electron chi connectivity index (χ4n) is 2.20. The monoisotopic (exact) mass is 288 g/mol. The Morgan fingerprint density at radius 2 is 1.75 bits per heavy atom. The summed E-state index contributed by atoms with van der Waals surface area (Å²) in [5, 5.41) is 0. The summed E-state index contributed by atoms with van der Waals surface area (Å²) in [5.41, 5.74) is 0. The number of hydrogen-bond donors (Lipinski definition) is 0. The lowest BCUT2D eigenvalue weighted by atomic mass is 10.2. The molecule has 0 radical (unpaired) electrons. The number of benzene rings is 1.